The lowest BCUT2D eigenvalue weighted by Gasteiger charge is -2.10. The molecule has 0 N–H and O–H groups in total. The van der Waals surface area contributed by atoms with Crippen LogP contribution in [-0.4, -0.2) is 43.4 Å². The zero-order valence-electron chi connectivity index (χ0n) is 17.2. The third kappa shape index (κ3) is 6.13. The highest BCUT2D eigenvalue weighted by Crippen LogP contribution is 2.32. The molecule has 0 fully saturated rings. The highest BCUT2D eigenvalue weighted by molar-refractivity contribution is 8.07. The van der Waals surface area contributed by atoms with Crippen LogP contribution in [0, 0.1) is 0 Å². The normalized spacial score (nSPS) is 10.9. The topological polar surface area (TPSA) is 68.5 Å². The minimum Gasteiger partial charge on any atom is -0.469 e. The quantitative estimate of drug-likeness (QED) is 0.636. The van der Waals surface area contributed by atoms with Gasteiger partial charge in [0.1, 0.15) is 23.7 Å². The van der Waals surface area contributed by atoms with E-state index in [1.807, 2.05) is 51.2 Å². The number of anilines is 1. The second-order valence-corrected chi connectivity index (χ2v) is 6.37. The predicted octanol–water partition coefficient (Wildman–Crippen LogP) is 4.66. The summed E-state index contributed by atoms with van der Waals surface area (Å²) in [6.45, 7) is 6.06. The first-order chi connectivity index (χ1) is 13.0. The molecule has 0 aliphatic heterocycles. The summed E-state index contributed by atoms with van der Waals surface area (Å²) < 4.78 is 10.7. The molecule has 0 aliphatic carbocycles. The summed E-state index contributed by atoms with van der Waals surface area (Å²) >= 11 is 1.58. The molecular weight excluding hydrogens is 362 g/mol. The van der Waals surface area contributed by atoms with E-state index in [0.717, 1.165) is 22.7 Å². The zero-order chi connectivity index (χ0) is 20.4. The molecule has 0 aromatic carbocycles. The molecule has 0 radical (unpaired) electrons. The van der Waals surface area contributed by atoms with Gasteiger partial charge in [0.15, 0.2) is 0 Å². The van der Waals surface area contributed by atoms with Crippen LogP contribution in [-0.2, 0) is 16.0 Å². The Balaban J connectivity index is 0.00000176. The third-order valence-corrected chi connectivity index (χ3v) is 4.33. The fourth-order valence-electron chi connectivity index (χ4n) is 2.23. The van der Waals surface area contributed by atoms with E-state index in [4.69, 9.17) is 9.15 Å². The maximum atomic E-state index is 11.7. The van der Waals surface area contributed by atoms with Crippen LogP contribution in [0.5, 0.6) is 0 Å². The van der Waals surface area contributed by atoms with Crippen molar-refractivity contribution in [3.05, 3.63) is 35.9 Å². The van der Waals surface area contributed by atoms with Gasteiger partial charge in [-0.15, -0.1) is 11.8 Å². The van der Waals surface area contributed by atoms with E-state index >= 15 is 0 Å². The number of rotatable bonds is 7. The lowest BCUT2D eigenvalue weighted by atomic mass is 10.2. The molecule has 6 nitrogen and oxygen atoms in total. The molecule has 0 atom stereocenters. The number of nitrogens with zero attached hydrogens (tertiary/aromatic N) is 3. The van der Waals surface area contributed by atoms with Crippen molar-refractivity contribution in [3.63, 3.8) is 0 Å². The number of allylic oxidation sites excluding steroid dienone is 1. The number of hydrogen-bond donors (Lipinski definition) is 0. The Hall–Kier alpha value is -2.28. The number of thioether (sulfide) groups is 1. The molecule has 2 aromatic heterocycles. The standard InChI is InChI=1S/C18H23N3O3S.C2H6/c1-6-7-14(25-5)17-13(10-16(22)23-4)24-18(20-17)12-8-9-15(19-11-12)21(2)3;1-2/h7-9,11H,6,10H2,1-5H3;1-2H3/b14-7-;. The van der Waals surface area contributed by atoms with Gasteiger partial charge in [-0.1, -0.05) is 26.8 Å². The zero-order valence-corrected chi connectivity index (χ0v) is 18.0. The summed E-state index contributed by atoms with van der Waals surface area (Å²) in [6.07, 6.45) is 6.68. The van der Waals surface area contributed by atoms with Crippen molar-refractivity contribution in [3.8, 4) is 11.5 Å². The molecule has 0 amide bonds. The molecule has 0 spiro atoms. The molecule has 0 unspecified atom stereocenters. The number of aromatic nitrogens is 2. The van der Waals surface area contributed by atoms with Gasteiger partial charge in [0, 0.05) is 25.2 Å². The predicted molar refractivity (Wildman–Crippen MR) is 113 cm³/mol. The van der Waals surface area contributed by atoms with Gasteiger partial charge < -0.3 is 14.1 Å². The molecule has 2 heterocycles. The average Bonchev–Trinajstić information content (AvgIpc) is 3.11. The number of oxazole rings is 1. The molecule has 0 saturated carbocycles. The number of esters is 1. The number of hydrogen-bond acceptors (Lipinski definition) is 7. The van der Waals surface area contributed by atoms with Crippen molar-refractivity contribution in [2.24, 2.45) is 0 Å². The van der Waals surface area contributed by atoms with E-state index in [1.165, 1.54) is 7.11 Å². The molecule has 27 heavy (non-hydrogen) atoms. The smallest absolute Gasteiger partial charge is 0.313 e. The van der Waals surface area contributed by atoms with Crippen LogP contribution in [0.3, 0.4) is 0 Å². The van der Waals surface area contributed by atoms with E-state index in [2.05, 4.69) is 23.0 Å². The maximum absolute atomic E-state index is 11.7. The van der Waals surface area contributed by atoms with Crippen LogP contribution in [0.15, 0.2) is 28.8 Å². The molecule has 2 rings (SSSR count). The maximum Gasteiger partial charge on any atom is 0.313 e. The monoisotopic (exact) mass is 391 g/mol. The van der Waals surface area contributed by atoms with Crippen LogP contribution < -0.4 is 4.90 Å². The van der Waals surface area contributed by atoms with Gasteiger partial charge in [-0.2, -0.15) is 0 Å². The number of ether oxygens (including phenoxy) is 1. The Labute approximate surface area is 166 Å². The van der Waals surface area contributed by atoms with E-state index in [9.17, 15) is 4.79 Å². The highest BCUT2D eigenvalue weighted by Gasteiger charge is 2.20. The summed E-state index contributed by atoms with van der Waals surface area (Å²) in [6, 6.07) is 3.80. The van der Waals surface area contributed by atoms with Crippen molar-refractivity contribution in [2.75, 3.05) is 32.4 Å². The number of carbonyl (C=O) groups excluding carboxylic acids is 1. The number of carbonyl (C=O) groups is 1. The van der Waals surface area contributed by atoms with Crippen molar-refractivity contribution in [1.82, 2.24) is 9.97 Å². The van der Waals surface area contributed by atoms with E-state index < -0.39 is 0 Å². The summed E-state index contributed by atoms with van der Waals surface area (Å²) in [4.78, 5) is 23.6. The summed E-state index contributed by atoms with van der Waals surface area (Å²) in [5, 5.41) is 0. The molecule has 0 aliphatic rings. The summed E-state index contributed by atoms with van der Waals surface area (Å²) in [7, 11) is 5.22. The molecule has 0 bridgehead atoms. The first kappa shape index (κ1) is 22.8. The molecule has 0 saturated heterocycles. The lowest BCUT2D eigenvalue weighted by Crippen LogP contribution is -2.09. The van der Waals surface area contributed by atoms with Gasteiger partial charge >= 0.3 is 5.97 Å². The Morgan fingerprint density at radius 1 is 1.33 bits per heavy atom. The third-order valence-electron chi connectivity index (χ3n) is 3.53. The van der Waals surface area contributed by atoms with Crippen molar-refractivity contribution in [2.45, 2.75) is 33.6 Å². The minimum absolute atomic E-state index is 0.0453. The fraction of sp³-hybridized carbons (Fsp3) is 0.450. The van der Waals surface area contributed by atoms with Crippen LogP contribution in [0.2, 0.25) is 0 Å². The summed E-state index contributed by atoms with van der Waals surface area (Å²) in [5.41, 5.74) is 1.45. The Morgan fingerprint density at radius 2 is 2.04 bits per heavy atom. The van der Waals surface area contributed by atoms with E-state index in [0.29, 0.717) is 17.3 Å². The number of methoxy groups -OCH3 is 1. The van der Waals surface area contributed by atoms with Gasteiger partial charge in [0.05, 0.1) is 12.7 Å². The number of pyridine rings is 1. The SMILES string of the molecule is CC.CC/C=C(\SC)c1nc(-c2ccc(N(C)C)nc2)oc1CC(=O)OC. The molecular formula is C20H29N3O3S. The lowest BCUT2D eigenvalue weighted by molar-refractivity contribution is -0.140. The largest absolute Gasteiger partial charge is 0.469 e. The second-order valence-electron chi connectivity index (χ2n) is 5.52. The second kappa shape index (κ2) is 11.4. The van der Waals surface area contributed by atoms with Crippen LogP contribution in [0.1, 0.15) is 38.6 Å². The van der Waals surface area contributed by atoms with Gasteiger partial charge in [-0.25, -0.2) is 9.97 Å². The van der Waals surface area contributed by atoms with Crippen LogP contribution in [0.4, 0.5) is 5.82 Å². The van der Waals surface area contributed by atoms with E-state index in [1.54, 1.807) is 18.0 Å². The van der Waals surface area contributed by atoms with Gasteiger partial charge in [0.25, 0.3) is 0 Å². The fourth-order valence-corrected chi connectivity index (χ4v) is 2.92. The Bertz CT molecular complexity index is 752. The van der Waals surface area contributed by atoms with Crippen LogP contribution >= 0.6 is 11.8 Å². The molecule has 148 valence electrons. The van der Waals surface area contributed by atoms with Gasteiger partial charge in [0.2, 0.25) is 5.89 Å². The molecule has 2 aromatic rings. The first-order valence-electron chi connectivity index (χ1n) is 8.94. The van der Waals surface area contributed by atoms with Crippen molar-refractivity contribution >= 4 is 28.5 Å². The minimum atomic E-state index is -0.359. The first-order valence-corrected chi connectivity index (χ1v) is 10.2. The van der Waals surface area contributed by atoms with E-state index in [-0.39, 0.29) is 12.4 Å². The summed E-state index contributed by atoms with van der Waals surface area (Å²) in [5.74, 6) is 1.44. The Morgan fingerprint density at radius 3 is 2.52 bits per heavy atom. The Kier molecular flexibility index (Phi) is 9.64. The van der Waals surface area contributed by atoms with Gasteiger partial charge in [-0.3, -0.25) is 4.79 Å². The highest BCUT2D eigenvalue weighted by atomic mass is 32.2. The molecule has 7 heteroatoms. The van der Waals surface area contributed by atoms with Gasteiger partial charge in [-0.05, 0) is 24.8 Å². The van der Waals surface area contributed by atoms with Crippen molar-refractivity contribution < 1.29 is 13.9 Å². The average molecular weight is 392 g/mol. The van der Waals surface area contributed by atoms with Crippen LogP contribution in [0.25, 0.3) is 16.4 Å². The van der Waals surface area contributed by atoms with Crippen molar-refractivity contribution in [1.29, 1.82) is 0 Å².